The van der Waals surface area contributed by atoms with E-state index in [0.717, 1.165) is 5.69 Å². The van der Waals surface area contributed by atoms with Crippen molar-refractivity contribution >= 4 is 22.9 Å². The van der Waals surface area contributed by atoms with Crippen molar-refractivity contribution in [3.63, 3.8) is 0 Å². The summed E-state index contributed by atoms with van der Waals surface area (Å²) < 4.78 is 0. The standard InChI is InChI=1S/C20H13NO2/c22-19-14-9-4-5-10-15(14)20(23)18-16(19)11-6-12-17(18)21-13-7-2-1-3-8-13/h1-12,21H. The Labute approximate surface area is 133 Å². The molecule has 0 saturated carbocycles. The zero-order valence-electron chi connectivity index (χ0n) is 12.2. The van der Waals surface area contributed by atoms with Crippen molar-refractivity contribution in [1.29, 1.82) is 0 Å². The predicted octanol–water partition coefficient (Wildman–Crippen LogP) is 4.21. The van der Waals surface area contributed by atoms with Crippen LogP contribution in [0.2, 0.25) is 0 Å². The fourth-order valence-corrected chi connectivity index (χ4v) is 2.93. The summed E-state index contributed by atoms with van der Waals surface area (Å²) in [6.07, 6.45) is 0. The molecule has 0 amide bonds. The molecule has 0 spiro atoms. The molecule has 3 nitrogen and oxygen atoms in total. The van der Waals surface area contributed by atoms with Crippen LogP contribution >= 0.6 is 0 Å². The Bertz CT molecular complexity index is 929. The first-order chi connectivity index (χ1) is 11.3. The number of hydrogen-bond acceptors (Lipinski definition) is 3. The summed E-state index contributed by atoms with van der Waals surface area (Å²) in [7, 11) is 0. The van der Waals surface area contributed by atoms with Gasteiger partial charge in [0.15, 0.2) is 11.6 Å². The largest absolute Gasteiger partial charge is 0.355 e. The van der Waals surface area contributed by atoms with Crippen LogP contribution in [0.4, 0.5) is 11.4 Å². The monoisotopic (exact) mass is 299 g/mol. The molecule has 3 heteroatoms. The Hall–Kier alpha value is -3.20. The Balaban J connectivity index is 1.87. The van der Waals surface area contributed by atoms with Crippen molar-refractivity contribution in [3.05, 3.63) is 95.1 Å². The minimum atomic E-state index is -0.116. The van der Waals surface area contributed by atoms with Gasteiger partial charge in [-0.05, 0) is 18.2 Å². The van der Waals surface area contributed by atoms with Crippen molar-refractivity contribution in [2.75, 3.05) is 5.32 Å². The number of rotatable bonds is 2. The van der Waals surface area contributed by atoms with Gasteiger partial charge in [0.05, 0.1) is 11.3 Å². The molecule has 1 aliphatic carbocycles. The minimum absolute atomic E-state index is 0.105. The molecular formula is C20H13NO2. The van der Waals surface area contributed by atoms with Crippen LogP contribution < -0.4 is 5.32 Å². The number of benzene rings is 3. The van der Waals surface area contributed by atoms with Crippen LogP contribution in [0.15, 0.2) is 72.8 Å². The Morgan fingerprint density at radius 1 is 0.565 bits per heavy atom. The highest BCUT2D eigenvalue weighted by molar-refractivity contribution is 6.30. The molecule has 0 aliphatic heterocycles. The van der Waals surface area contributed by atoms with Crippen LogP contribution in [0.1, 0.15) is 31.8 Å². The second-order valence-corrected chi connectivity index (χ2v) is 5.42. The number of ketones is 2. The number of carbonyl (C=O) groups is 2. The van der Waals surface area contributed by atoms with E-state index in [1.54, 1.807) is 36.4 Å². The lowest BCUT2D eigenvalue weighted by molar-refractivity contribution is 0.0979. The molecule has 110 valence electrons. The third kappa shape index (κ3) is 2.14. The molecule has 4 rings (SSSR count). The van der Waals surface area contributed by atoms with Gasteiger partial charge in [-0.25, -0.2) is 0 Å². The molecule has 0 bridgehead atoms. The highest BCUT2D eigenvalue weighted by Gasteiger charge is 2.31. The van der Waals surface area contributed by atoms with Gasteiger partial charge in [0.1, 0.15) is 0 Å². The average molecular weight is 299 g/mol. The van der Waals surface area contributed by atoms with Crippen molar-refractivity contribution < 1.29 is 9.59 Å². The normalized spacial score (nSPS) is 12.5. The third-order valence-corrected chi connectivity index (χ3v) is 4.01. The highest BCUT2D eigenvalue weighted by Crippen LogP contribution is 2.33. The van der Waals surface area contributed by atoms with E-state index in [1.807, 2.05) is 36.4 Å². The third-order valence-electron chi connectivity index (χ3n) is 4.01. The molecule has 0 saturated heterocycles. The molecule has 0 unspecified atom stereocenters. The lowest BCUT2D eigenvalue weighted by atomic mass is 9.83. The van der Waals surface area contributed by atoms with E-state index in [9.17, 15) is 9.59 Å². The molecule has 0 fully saturated rings. The van der Waals surface area contributed by atoms with Crippen molar-refractivity contribution in [2.24, 2.45) is 0 Å². The van der Waals surface area contributed by atoms with Crippen LogP contribution in [-0.2, 0) is 0 Å². The van der Waals surface area contributed by atoms with Crippen LogP contribution in [0.3, 0.4) is 0 Å². The van der Waals surface area contributed by atoms with E-state index in [0.29, 0.717) is 27.9 Å². The maximum absolute atomic E-state index is 12.9. The molecule has 0 heterocycles. The summed E-state index contributed by atoms with van der Waals surface area (Å²) in [6.45, 7) is 0. The van der Waals surface area contributed by atoms with E-state index < -0.39 is 0 Å². The summed E-state index contributed by atoms with van der Waals surface area (Å²) in [6, 6.07) is 21.9. The molecule has 23 heavy (non-hydrogen) atoms. The first kappa shape index (κ1) is 13.5. The van der Waals surface area contributed by atoms with Gasteiger partial charge in [0, 0.05) is 22.4 Å². The van der Waals surface area contributed by atoms with Gasteiger partial charge < -0.3 is 5.32 Å². The maximum Gasteiger partial charge on any atom is 0.196 e. The van der Waals surface area contributed by atoms with Gasteiger partial charge in [-0.3, -0.25) is 9.59 Å². The molecule has 1 aliphatic rings. The molecule has 3 aromatic carbocycles. The number of hydrogen-bond donors (Lipinski definition) is 1. The number of para-hydroxylation sites is 1. The zero-order valence-corrected chi connectivity index (χ0v) is 12.2. The zero-order chi connectivity index (χ0) is 15.8. The van der Waals surface area contributed by atoms with Crippen LogP contribution in [-0.4, -0.2) is 11.6 Å². The number of fused-ring (bicyclic) bond motifs is 2. The van der Waals surface area contributed by atoms with Crippen molar-refractivity contribution in [2.45, 2.75) is 0 Å². The number of anilines is 2. The quantitative estimate of drug-likeness (QED) is 0.603. The predicted molar refractivity (Wildman–Crippen MR) is 89.5 cm³/mol. The summed E-state index contributed by atoms with van der Waals surface area (Å²) in [5.41, 5.74) is 3.37. The fraction of sp³-hybridized carbons (Fsp3) is 0. The van der Waals surface area contributed by atoms with E-state index in [4.69, 9.17) is 0 Å². The maximum atomic E-state index is 12.9. The summed E-state index contributed by atoms with van der Waals surface area (Å²) >= 11 is 0. The van der Waals surface area contributed by atoms with Gasteiger partial charge in [0.2, 0.25) is 0 Å². The number of carbonyl (C=O) groups excluding carboxylic acids is 2. The summed E-state index contributed by atoms with van der Waals surface area (Å²) in [5, 5.41) is 3.24. The summed E-state index contributed by atoms with van der Waals surface area (Å²) in [4.78, 5) is 25.6. The molecule has 0 radical (unpaired) electrons. The first-order valence-corrected chi connectivity index (χ1v) is 7.39. The lowest BCUT2D eigenvalue weighted by Crippen LogP contribution is -2.21. The van der Waals surface area contributed by atoms with E-state index in [-0.39, 0.29) is 11.6 Å². The Morgan fingerprint density at radius 2 is 1.17 bits per heavy atom. The van der Waals surface area contributed by atoms with E-state index in [2.05, 4.69) is 5.32 Å². The lowest BCUT2D eigenvalue weighted by Gasteiger charge is -2.20. The van der Waals surface area contributed by atoms with Crippen LogP contribution in [0, 0.1) is 0 Å². The van der Waals surface area contributed by atoms with Crippen molar-refractivity contribution in [1.82, 2.24) is 0 Å². The first-order valence-electron chi connectivity index (χ1n) is 7.39. The van der Waals surface area contributed by atoms with Gasteiger partial charge in [-0.1, -0.05) is 54.6 Å². The fourth-order valence-electron chi connectivity index (χ4n) is 2.93. The van der Waals surface area contributed by atoms with Gasteiger partial charge in [0.25, 0.3) is 0 Å². The second-order valence-electron chi connectivity index (χ2n) is 5.42. The molecular weight excluding hydrogens is 286 g/mol. The van der Waals surface area contributed by atoms with Gasteiger partial charge >= 0.3 is 0 Å². The SMILES string of the molecule is O=C1c2ccccc2C(=O)c2c(Nc3ccccc3)cccc21. The molecule has 0 atom stereocenters. The second kappa shape index (κ2) is 5.21. The van der Waals surface area contributed by atoms with Crippen molar-refractivity contribution in [3.8, 4) is 0 Å². The van der Waals surface area contributed by atoms with E-state index >= 15 is 0 Å². The molecule has 3 aromatic rings. The van der Waals surface area contributed by atoms with Gasteiger partial charge in [-0.15, -0.1) is 0 Å². The Kier molecular flexibility index (Phi) is 3.05. The molecule has 0 aromatic heterocycles. The topological polar surface area (TPSA) is 46.2 Å². The number of nitrogens with one attached hydrogen (secondary N) is 1. The van der Waals surface area contributed by atoms with E-state index in [1.165, 1.54) is 0 Å². The van der Waals surface area contributed by atoms with Crippen LogP contribution in [0.5, 0.6) is 0 Å². The average Bonchev–Trinajstić information content (AvgIpc) is 2.60. The Morgan fingerprint density at radius 3 is 1.91 bits per heavy atom. The van der Waals surface area contributed by atoms with Gasteiger partial charge in [-0.2, -0.15) is 0 Å². The van der Waals surface area contributed by atoms with Crippen LogP contribution in [0.25, 0.3) is 0 Å². The molecule has 1 N–H and O–H groups in total. The minimum Gasteiger partial charge on any atom is -0.355 e. The summed E-state index contributed by atoms with van der Waals surface area (Å²) in [5.74, 6) is -0.221. The smallest absolute Gasteiger partial charge is 0.196 e. The highest BCUT2D eigenvalue weighted by atomic mass is 16.1.